The number of amides is 1. The third-order valence-electron chi connectivity index (χ3n) is 9.10. The van der Waals surface area contributed by atoms with Crippen LogP contribution in [0.5, 0.6) is 0 Å². The first kappa shape index (κ1) is 26.6. The number of carbonyl (C=O) groups excluding carboxylic acids is 1. The molecule has 3 aliphatic rings. The van der Waals surface area contributed by atoms with Gasteiger partial charge in [0.15, 0.2) is 0 Å². The molecular weight excluding hydrogens is 482 g/mol. The topological polar surface area (TPSA) is 42.1 Å². The second-order valence-corrected chi connectivity index (χ2v) is 11.8. The van der Waals surface area contributed by atoms with Crippen LogP contribution in [0.25, 0.3) is 0 Å². The minimum absolute atomic E-state index is 0.0418. The summed E-state index contributed by atoms with van der Waals surface area (Å²) in [4.78, 5) is 23.4. The first-order valence-electron chi connectivity index (χ1n) is 13.8. The number of benzene rings is 2. The second-order valence-electron chi connectivity index (χ2n) is 11.4. The van der Waals surface area contributed by atoms with Crippen molar-refractivity contribution in [3.05, 3.63) is 70.2 Å². The molecule has 37 heavy (non-hydrogen) atoms. The highest BCUT2D eigenvalue weighted by atomic mass is 35.5. The zero-order valence-electron chi connectivity index (χ0n) is 22.6. The molecule has 5 rings (SSSR count). The molecule has 2 aromatic rings. The maximum absolute atomic E-state index is 14.0. The van der Waals surface area contributed by atoms with E-state index in [0.717, 1.165) is 75.7 Å². The summed E-state index contributed by atoms with van der Waals surface area (Å²) in [6.45, 7) is 6.64. The molecule has 2 saturated heterocycles. The van der Waals surface area contributed by atoms with Gasteiger partial charge < -0.3 is 15.1 Å². The van der Waals surface area contributed by atoms with Crippen molar-refractivity contribution in [2.24, 2.45) is 0 Å². The molecule has 3 aliphatic heterocycles. The Hall–Kier alpha value is -1.96. The average Bonchev–Trinajstić information content (AvgIpc) is 2.92. The summed E-state index contributed by atoms with van der Waals surface area (Å²) in [5.74, 6) is 0.225. The molecule has 0 radical (unpaired) electrons. The summed E-state index contributed by atoms with van der Waals surface area (Å²) < 4.78 is 0. The number of piperazine rings is 1. The van der Waals surface area contributed by atoms with Crippen LogP contribution in [0.1, 0.15) is 29.5 Å². The van der Waals surface area contributed by atoms with Crippen molar-refractivity contribution in [2.45, 2.75) is 43.3 Å². The number of hydrogen-bond acceptors (Lipinski definition) is 5. The van der Waals surface area contributed by atoms with Gasteiger partial charge in [-0.1, -0.05) is 48.0 Å². The lowest BCUT2D eigenvalue weighted by Crippen LogP contribution is -2.59. The molecule has 200 valence electrons. The Kier molecular flexibility index (Phi) is 8.22. The highest BCUT2D eigenvalue weighted by Crippen LogP contribution is 2.42. The lowest BCUT2D eigenvalue weighted by Gasteiger charge is -2.51. The smallest absolute Gasteiger partial charge is 0.240 e. The molecule has 0 saturated carbocycles. The average molecular weight is 524 g/mol. The van der Waals surface area contributed by atoms with Gasteiger partial charge in [0.25, 0.3) is 0 Å². The summed E-state index contributed by atoms with van der Waals surface area (Å²) in [6.07, 6.45) is 3.74. The number of halogens is 1. The molecule has 1 spiro atoms. The largest absolute Gasteiger partial charge is 0.341 e. The van der Waals surface area contributed by atoms with Crippen LogP contribution in [-0.4, -0.2) is 105 Å². The molecule has 1 N–H and O–H groups in total. The fraction of sp³-hybridized carbons (Fsp3) is 0.567. The van der Waals surface area contributed by atoms with Gasteiger partial charge in [-0.15, -0.1) is 0 Å². The second kappa shape index (κ2) is 11.4. The van der Waals surface area contributed by atoms with Gasteiger partial charge in [-0.05, 0) is 75.6 Å². The zero-order valence-corrected chi connectivity index (χ0v) is 23.4. The van der Waals surface area contributed by atoms with Crippen LogP contribution in [-0.2, 0) is 23.2 Å². The Morgan fingerprint density at radius 1 is 1.00 bits per heavy atom. The first-order chi connectivity index (χ1) is 17.9. The summed E-state index contributed by atoms with van der Waals surface area (Å²) in [6, 6.07) is 17.0. The number of rotatable bonds is 6. The summed E-state index contributed by atoms with van der Waals surface area (Å²) in [5, 5.41) is 4.42. The zero-order chi connectivity index (χ0) is 26.0. The predicted octanol–water partition coefficient (Wildman–Crippen LogP) is 3.09. The van der Waals surface area contributed by atoms with E-state index in [4.69, 9.17) is 11.6 Å². The Bertz CT molecular complexity index is 1070. The van der Waals surface area contributed by atoms with E-state index in [1.807, 2.05) is 24.3 Å². The van der Waals surface area contributed by atoms with Gasteiger partial charge >= 0.3 is 0 Å². The van der Waals surface area contributed by atoms with Gasteiger partial charge in [-0.25, -0.2) is 0 Å². The van der Waals surface area contributed by atoms with Gasteiger partial charge in [0.2, 0.25) is 5.91 Å². The lowest BCUT2D eigenvalue weighted by molar-refractivity contribution is -0.136. The maximum Gasteiger partial charge on any atom is 0.240 e. The number of nitrogens with zero attached hydrogens (tertiary/aromatic N) is 4. The van der Waals surface area contributed by atoms with E-state index in [9.17, 15) is 4.79 Å². The monoisotopic (exact) mass is 523 g/mol. The molecule has 3 heterocycles. The van der Waals surface area contributed by atoms with Crippen molar-refractivity contribution in [1.82, 2.24) is 24.9 Å². The van der Waals surface area contributed by atoms with Gasteiger partial charge in [0, 0.05) is 62.4 Å². The standard InChI is InChI=1S/C30H42ClN5O/c1-33-18-19-34(2)26(22-33)21-32-28(20-23-8-10-25(31)11-9-23)29(37)36-16-13-30(14-17-36)27-7-5-4-6-24(27)12-15-35(30)3/h4-11,26,28,32H,12-22H2,1-3H3/t26?,28-/m1/s1. The van der Waals surface area contributed by atoms with Crippen molar-refractivity contribution in [3.63, 3.8) is 0 Å². The Labute approximate surface area is 227 Å². The van der Waals surface area contributed by atoms with Crippen molar-refractivity contribution >= 4 is 17.5 Å². The third-order valence-corrected chi connectivity index (χ3v) is 9.35. The van der Waals surface area contributed by atoms with Crippen LogP contribution in [0.3, 0.4) is 0 Å². The van der Waals surface area contributed by atoms with E-state index in [1.165, 1.54) is 11.1 Å². The van der Waals surface area contributed by atoms with Crippen molar-refractivity contribution in [1.29, 1.82) is 0 Å². The van der Waals surface area contributed by atoms with Crippen molar-refractivity contribution in [2.75, 3.05) is 67.0 Å². The number of fused-ring (bicyclic) bond motifs is 2. The van der Waals surface area contributed by atoms with E-state index >= 15 is 0 Å². The Morgan fingerprint density at radius 3 is 2.49 bits per heavy atom. The van der Waals surface area contributed by atoms with E-state index in [0.29, 0.717) is 12.5 Å². The summed E-state index contributed by atoms with van der Waals surface area (Å²) in [5.41, 5.74) is 4.12. The van der Waals surface area contributed by atoms with E-state index < -0.39 is 0 Å². The van der Waals surface area contributed by atoms with Gasteiger partial charge in [-0.3, -0.25) is 14.6 Å². The highest BCUT2D eigenvalue weighted by Gasteiger charge is 2.44. The number of nitrogens with one attached hydrogen (secondary N) is 1. The molecule has 2 aromatic carbocycles. The maximum atomic E-state index is 14.0. The number of likely N-dealkylation sites (N-methyl/N-ethyl adjacent to an activating group) is 3. The molecule has 1 unspecified atom stereocenters. The third kappa shape index (κ3) is 5.74. The minimum Gasteiger partial charge on any atom is -0.341 e. The number of carbonyl (C=O) groups is 1. The minimum atomic E-state index is -0.243. The van der Waals surface area contributed by atoms with Crippen molar-refractivity contribution in [3.8, 4) is 0 Å². The molecule has 6 nitrogen and oxygen atoms in total. The number of likely N-dealkylation sites (tertiary alicyclic amines) is 1. The lowest BCUT2D eigenvalue weighted by atomic mass is 9.74. The van der Waals surface area contributed by atoms with E-state index in [2.05, 4.69) is 70.3 Å². The number of hydrogen-bond donors (Lipinski definition) is 1. The van der Waals surface area contributed by atoms with Crippen LogP contribution in [0.4, 0.5) is 0 Å². The molecule has 7 heteroatoms. The van der Waals surface area contributed by atoms with Crippen LogP contribution < -0.4 is 5.32 Å². The predicted molar refractivity (Wildman–Crippen MR) is 151 cm³/mol. The first-order valence-corrected chi connectivity index (χ1v) is 14.2. The number of piperidine rings is 1. The molecule has 0 bridgehead atoms. The fourth-order valence-corrected chi connectivity index (χ4v) is 6.70. The Morgan fingerprint density at radius 2 is 1.73 bits per heavy atom. The molecule has 0 aromatic heterocycles. The normalized spacial score (nSPS) is 23.7. The van der Waals surface area contributed by atoms with Gasteiger partial charge in [-0.2, -0.15) is 0 Å². The summed E-state index contributed by atoms with van der Waals surface area (Å²) >= 11 is 6.14. The van der Waals surface area contributed by atoms with Crippen LogP contribution in [0, 0.1) is 0 Å². The SMILES string of the molecule is CN1CCN(C)C(CN[C@H](Cc2ccc(Cl)cc2)C(=O)N2CCC3(CC2)c2ccccc2CCN3C)C1. The molecule has 0 aliphatic carbocycles. The van der Waals surface area contributed by atoms with Gasteiger partial charge in [0.1, 0.15) is 0 Å². The molecule has 1 amide bonds. The molecule has 2 atom stereocenters. The molecule has 2 fully saturated rings. The highest BCUT2D eigenvalue weighted by molar-refractivity contribution is 6.30. The van der Waals surface area contributed by atoms with Crippen LogP contribution in [0.2, 0.25) is 5.02 Å². The summed E-state index contributed by atoms with van der Waals surface area (Å²) in [7, 11) is 6.63. The fourth-order valence-electron chi connectivity index (χ4n) is 6.57. The Balaban J connectivity index is 1.29. The van der Waals surface area contributed by atoms with E-state index in [-0.39, 0.29) is 17.5 Å². The quantitative estimate of drug-likeness (QED) is 0.630. The van der Waals surface area contributed by atoms with E-state index in [1.54, 1.807) is 0 Å². The van der Waals surface area contributed by atoms with Crippen LogP contribution >= 0.6 is 11.6 Å². The van der Waals surface area contributed by atoms with Crippen LogP contribution in [0.15, 0.2) is 48.5 Å². The van der Waals surface area contributed by atoms with Crippen molar-refractivity contribution < 1.29 is 4.79 Å². The van der Waals surface area contributed by atoms with Gasteiger partial charge in [0.05, 0.1) is 6.04 Å². The molecular formula is C30H42ClN5O.